The van der Waals surface area contributed by atoms with Gasteiger partial charge in [0.25, 0.3) is 5.91 Å². The van der Waals surface area contributed by atoms with E-state index in [1.165, 1.54) is 0 Å². The third kappa shape index (κ3) is 4.51. The minimum Gasteiger partial charge on any atom is -0.381 e. The summed E-state index contributed by atoms with van der Waals surface area (Å²) >= 11 is 6.40. The number of rotatable bonds is 5. The van der Waals surface area contributed by atoms with Crippen molar-refractivity contribution in [1.29, 1.82) is 0 Å². The Balaban J connectivity index is 1.20. The highest BCUT2D eigenvalue weighted by atomic mass is 35.5. The molecule has 3 aromatic heterocycles. The molecule has 6 rings (SSSR count). The van der Waals surface area contributed by atoms with Crippen LogP contribution in [0.3, 0.4) is 0 Å². The number of fused-ring (bicyclic) bond motifs is 1. The van der Waals surface area contributed by atoms with Crippen molar-refractivity contribution in [3.05, 3.63) is 75.3 Å². The summed E-state index contributed by atoms with van der Waals surface area (Å²) in [5.74, 6) is 1.61. The number of benzene rings is 1. The van der Waals surface area contributed by atoms with Crippen molar-refractivity contribution >= 4 is 23.2 Å². The standard InChI is InChI=1S/C27H29ClN6O3/c1-16-21(13-19-5-3-4-6-23(19)28)17(2)34-25(30-16)22(14-29-34)27(35)33-10-7-20(15-33)26-31-24(32-37-26)18-8-11-36-12-9-18/h3-6,14,18,20H,7-13,15H2,1-2H3. The lowest BCUT2D eigenvalue weighted by Gasteiger charge is -2.18. The smallest absolute Gasteiger partial charge is 0.259 e. The van der Waals surface area contributed by atoms with E-state index in [2.05, 4.69) is 15.2 Å². The molecule has 9 nitrogen and oxygen atoms in total. The number of hydrogen-bond acceptors (Lipinski definition) is 7. The highest BCUT2D eigenvalue weighted by Gasteiger charge is 2.34. The van der Waals surface area contributed by atoms with Crippen LogP contribution in [-0.2, 0) is 11.2 Å². The Kier molecular flexibility index (Phi) is 6.42. The third-order valence-electron chi connectivity index (χ3n) is 7.63. The van der Waals surface area contributed by atoms with Crippen LogP contribution in [0.5, 0.6) is 0 Å². The first-order valence-electron chi connectivity index (χ1n) is 12.8. The van der Waals surface area contributed by atoms with Gasteiger partial charge in [-0.15, -0.1) is 0 Å². The molecule has 0 radical (unpaired) electrons. The second-order valence-electron chi connectivity index (χ2n) is 9.94. The first-order valence-corrected chi connectivity index (χ1v) is 13.1. The Morgan fingerprint density at radius 2 is 1.92 bits per heavy atom. The van der Waals surface area contributed by atoms with Crippen molar-refractivity contribution in [2.24, 2.45) is 0 Å². The van der Waals surface area contributed by atoms with E-state index in [4.69, 9.17) is 25.8 Å². The molecule has 0 bridgehead atoms. The number of nitrogens with zero attached hydrogens (tertiary/aromatic N) is 6. The molecule has 10 heteroatoms. The summed E-state index contributed by atoms with van der Waals surface area (Å²) in [5.41, 5.74) is 4.98. The molecule has 0 N–H and O–H groups in total. The average molecular weight is 521 g/mol. The molecule has 1 atom stereocenters. The van der Waals surface area contributed by atoms with Gasteiger partial charge in [0, 0.05) is 55.1 Å². The summed E-state index contributed by atoms with van der Waals surface area (Å²) < 4.78 is 12.8. The number of hydrogen-bond donors (Lipinski definition) is 0. The van der Waals surface area contributed by atoms with E-state index in [-0.39, 0.29) is 17.7 Å². The van der Waals surface area contributed by atoms with Crippen molar-refractivity contribution in [3.63, 3.8) is 0 Å². The van der Waals surface area contributed by atoms with Crippen LogP contribution < -0.4 is 0 Å². The number of aromatic nitrogens is 5. The van der Waals surface area contributed by atoms with Gasteiger partial charge in [0.1, 0.15) is 5.56 Å². The lowest BCUT2D eigenvalue weighted by Crippen LogP contribution is -2.28. The van der Waals surface area contributed by atoms with Gasteiger partial charge in [0.2, 0.25) is 5.89 Å². The topological polar surface area (TPSA) is 98.7 Å². The summed E-state index contributed by atoms with van der Waals surface area (Å²) in [4.78, 5) is 24.9. The van der Waals surface area contributed by atoms with E-state index in [0.29, 0.717) is 36.6 Å². The summed E-state index contributed by atoms with van der Waals surface area (Å²) in [6, 6.07) is 7.81. The number of amides is 1. The van der Waals surface area contributed by atoms with E-state index < -0.39 is 0 Å². The predicted octanol–water partition coefficient (Wildman–Crippen LogP) is 4.50. The molecule has 0 spiro atoms. The number of ether oxygens (including phenoxy) is 1. The monoisotopic (exact) mass is 520 g/mol. The molecule has 2 fully saturated rings. The Bertz CT molecular complexity index is 1460. The Labute approximate surface area is 219 Å². The maximum atomic E-state index is 13.5. The normalized spacial score (nSPS) is 18.7. The van der Waals surface area contributed by atoms with Crippen LogP contribution >= 0.6 is 11.6 Å². The molecule has 192 valence electrons. The van der Waals surface area contributed by atoms with E-state index >= 15 is 0 Å². The molecule has 2 saturated heterocycles. The summed E-state index contributed by atoms with van der Waals surface area (Å²) in [7, 11) is 0. The number of carbonyl (C=O) groups is 1. The van der Waals surface area contributed by atoms with Crippen LogP contribution in [0.15, 0.2) is 35.0 Å². The maximum absolute atomic E-state index is 13.5. The van der Waals surface area contributed by atoms with E-state index in [1.807, 2.05) is 43.0 Å². The number of carbonyl (C=O) groups excluding carboxylic acids is 1. The van der Waals surface area contributed by atoms with Crippen LogP contribution in [0, 0.1) is 13.8 Å². The Morgan fingerprint density at radius 3 is 2.73 bits per heavy atom. The van der Waals surface area contributed by atoms with Crippen molar-refractivity contribution in [1.82, 2.24) is 29.6 Å². The first kappa shape index (κ1) is 24.1. The quantitative estimate of drug-likeness (QED) is 0.382. The largest absolute Gasteiger partial charge is 0.381 e. The second kappa shape index (κ2) is 9.87. The molecule has 0 saturated carbocycles. The molecule has 5 heterocycles. The van der Waals surface area contributed by atoms with Crippen molar-refractivity contribution in [3.8, 4) is 0 Å². The van der Waals surface area contributed by atoms with Crippen LogP contribution in [0.1, 0.15) is 75.7 Å². The average Bonchev–Trinajstić information content (AvgIpc) is 3.67. The fraction of sp³-hybridized carbons (Fsp3) is 0.444. The van der Waals surface area contributed by atoms with E-state index in [0.717, 1.165) is 65.8 Å². The fourth-order valence-electron chi connectivity index (χ4n) is 5.40. The minimum absolute atomic E-state index is 0.0329. The van der Waals surface area contributed by atoms with Gasteiger partial charge in [-0.2, -0.15) is 10.1 Å². The van der Waals surface area contributed by atoms with Crippen molar-refractivity contribution in [2.75, 3.05) is 26.3 Å². The van der Waals surface area contributed by atoms with Crippen LogP contribution in [0.25, 0.3) is 5.65 Å². The molecule has 1 unspecified atom stereocenters. The van der Waals surface area contributed by atoms with Gasteiger partial charge in [-0.25, -0.2) is 9.50 Å². The zero-order valence-electron chi connectivity index (χ0n) is 21.0. The highest BCUT2D eigenvalue weighted by Crippen LogP contribution is 2.31. The molecular formula is C27H29ClN6O3. The number of likely N-dealkylation sites (tertiary alicyclic amines) is 1. The minimum atomic E-state index is -0.0770. The lowest BCUT2D eigenvalue weighted by molar-refractivity contribution is 0.0791. The van der Waals surface area contributed by atoms with Gasteiger partial charge in [-0.3, -0.25) is 4.79 Å². The number of halogens is 1. The van der Waals surface area contributed by atoms with Crippen LogP contribution in [0.4, 0.5) is 0 Å². The van der Waals surface area contributed by atoms with Gasteiger partial charge < -0.3 is 14.2 Å². The van der Waals surface area contributed by atoms with Gasteiger partial charge in [-0.1, -0.05) is 35.0 Å². The molecule has 2 aliphatic heterocycles. The van der Waals surface area contributed by atoms with Crippen molar-refractivity contribution < 1.29 is 14.1 Å². The third-order valence-corrected chi connectivity index (χ3v) is 8.00. The highest BCUT2D eigenvalue weighted by molar-refractivity contribution is 6.31. The SMILES string of the molecule is Cc1nc2c(C(=O)N3CCC(c4nc(C5CCOCC5)no4)C3)cnn2c(C)c1Cc1ccccc1Cl. The second-order valence-corrected chi connectivity index (χ2v) is 10.3. The first-order chi connectivity index (χ1) is 18.0. The van der Waals surface area contributed by atoms with Gasteiger partial charge in [0.05, 0.1) is 12.1 Å². The molecule has 4 aromatic rings. The van der Waals surface area contributed by atoms with Crippen LogP contribution in [0.2, 0.25) is 5.02 Å². The van der Waals surface area contributed by atoms with E-state index in [1.54, 1.807) is 10.7 Å². The van der Waals surface area contributed by atoms with Crippen LogP contribution in [-0.4, -0.2) is 61.8 Å². The predicted molar refractivity (Wildman–Crippen MR) is 137 cm³/mol. The molecule has 37 heavy (non-hydrogen) atoms. The fourth-order valence-corrected chi connectivity index (χ4v) is 5.60. The number of aryl methyl sites for hydroxylation is 2. The van der Waals surface area contributed by atoms with Gasteiger partial charge in [-0.05, 0) is 50.3 Å². The van der Waals surface area contributed by atoms with E-state index in [9.17, 15) is 4.79 Å². The molecule has 2 aliphatic rings. The zero-order valence-corrected chi connectivity index (χ0v) is 21.7. The van der Waals surface area contributed by atoms with Gasteiger partial charge in [0.15, 0.2) is 11.5 Å². The maximum Gasteiger partial charge on any atom is 0.259 e. The Hall–Kier alpha value is -3.30. The summed E-state index contributed by atoms with van der Waals surface area (Å²) in [5, 5.41) is 9.49. The molecule has 0 aliphatic carbocycles. The van der Waals surface area contributed by atoms with Crippen molar-refractivity contribution in [2.45, 2.75) is 51.4 Å². The lowest BCUT2D eigenvalue weighted by atomic mass is 10.00. The molecular weight excluding hydrogens is 492 g/mol. The Morgan fingerprint density at radius 1 is 1.11 bits per heavy atom. The summed E-state index contributed by atoms with van der Waals surface area (Å²) in [6.07, 6.45) is 4.88. The summed E-state index contributed by atoms with van der Waals surface area (Å²) in [6.45, 7) is 6.60. The molecule has 1 amide bonds. The zero-order chi connectivity index (χ0) is 25.5. The molecule has 1 aromatic carbocycles. The van der Waals surface area contributed by atoms with Gasteiger partial charge >= 0.3 is 0 Å².